The van der Waals surface area contributed by atoms with Crippen molar-refractivity contribution < 1.29 is 8.81 Å². The Labute approximate surface area is 150 Å². The van der Waals surface area contributed by atoms with Gasteiger partial charge in [-0.2, -0.15) is 0 Å². The molecular weight excluding hydrogens is 348 g/mol. The molecule has 0 saturated carbocycles. The molecule has 0 fully saturated rings. The van der Waals surface area contributed by atoms with Crippen LogP contribution in [-0.2, 0) is 13.0 Å². The molecule has 0 bridgehead atoms. The Bertz CT molecular complexity index is 794. The van der Waals surface area contributed by atoms with Gasteiger partial charge in [0.1, 0.15) is 17.3 Å². The van der Waals surface area contributed by atoms with Crippen molar-refractivity contribution in [3.63, 3.8) is 0 Å². The van der Waals surface area contributed by atoms with Crippen molar-refractivity contribution in [2.75, 3.05) is 6.54 Å². The van der Waals surface area contributed by atoms with Crippen LogP contribution in [-0.4, -0.2) is 6.54 Å². The van der Waals surface area contributed by atoms with E-state index in [4.69, 9.17) is 27.6 Å². The molecule has 3 rings (SSSR count). The molecule has 0 unspecified atom stereocenters. The quantitative estimate of drug-likeness (QED) is 0.566. The summed E-state index contributed by atoms with van der Waals surface area (Å²) in [7, 11) is 0. The van der Waals surface area contributed by atoms with Gasteiger partial charge in [0.05, 0.1) is 6.54 Å². The fraction of sp³-hybridized carbons (Fsp3) is 0.158. The van der Waals surface area contributed by atoms with Gasteiger partial charge in [-0.15, -0.1) is 0 Å². The molecule has 2 aromatic carbocycles. The maximum Gasteiger partial charge on any atom is 0.134 e. The second kappa shape index (κ2) is 7.84. The summed E-state index contributed by atoms with van der Waals surface area (Å²) >= 11 is 12.0. The lowest BCUT2D eigenvalue weighted by Crippen LogP contribution is -2.16. The molecule has 1 heterocycles. The zero-order valence-corrected chi connectivity index (χ0v) is 14.4. The molecule has 1 N–H and O–H groups in total. The van der Waals surface area contributed by atoms with Crippen molar-refractivity contribution in [1.82, 2.24) is 5.32 Å². The van der Waals surface area contributed by atoms with Gasteiger partial charge in [-0.25, -0.2) is 4.39 Å². The minimum atomic E-state index is -0.212. The molecular formula is C19H16Cl2FNO. The normalized spacial score (nSPS) is 11.0. The minimum Gasteiger partial charge on any atom is -0.460 e. The first-order valence-corrected chi connectivity index (χ1v) is 8.36. The second-order valence-corrected chi connectivity index (χ2v) is 6.35. The van der Waals surface area contributed by atoms with Gasteiger partial charge in [0.25, 0.3) is 0 Å². The molecule has 5 heteroatoms. The number of nitrogens with one attached hydrogen (secondary N) is 1. The predicted molar refractivity (Wildman–Crippen MR) is 96.0 cm³/mol. The topological polar surface area (TPSA) is 25.2 Å². The van der Waals surface area contributed by atoms with E-state index in [-0.39, 0.29) is 5.82 Å². The monoisotopic (exact) mass is 363 g/mol. The van der Waals surface area contributed by atoms with Crippen LogP contribution < -0.4 is 5.32 Å². The van der Waals surface area contributed by atoms with Gasteiger partial charge in [0, 0.05) is 15.6 Å². The average molecular weight is 364 g/mol. The molecule has 124 valence electrons. The Morgan fingerprint density at radius 2 is 1.62 bits per heavy atom. The van der Waals surface area contributed by atoms with E-state index in [0.717, 1.165) is 35.6 Å². The standard InChI is InChI=1S/C19H16Cl2FNO/c20-15-9-14(10-16(21)11-15)19-6-5-18(24-19)12-23-8-7-13-1-3-17(22)4-2-13/h1-6,9-11,23H,7-8,12H2. The Morgan fingerprint density at radius 1 is 0.917 bits per heavy atom. The molecule has 3 aromatic rings. The first-order valence-electron chi connectivity index (χ1n) is 7.60. The van der Waals surface area contributed by atoms with Crippen LogP contribution in [0.3, 0.4) is 0 Å². The highest BCUT2D eigenvalue weighted by Gasteiger charge is 2.07. The van der Waals surface area contributed by atoms with E-state index < -0.39 is 0 Å². The summed E-state index contributed by atoms with van der Waals surface area (Å²) in [4.78, 5) is 0. The molecule has 0 spiro atoms. The SMILES string of the molecule is Fc1ccc(CCNCc2ccc(-c3cc(Cl)cc(Cl)c3)o2)cc1. The molecule has 0 radical (unpaired) electrons. The van der Waals surface area contributed by atoms with Crippen LogP contribution in [0.2, 0.25) is 10.0 Å². The van der Waals surface area contributed by atoms with Crippen molar-refractivity contribution in [2.24, 2.45) is 0 Å². The van der Waals surface area contributed by atoms with Gasteiger partial charge in [0.2, 0.25) is 0 Å². The van der Waals surface area contributed by atoms with E-state index in [1.807, 2.05) is 24.3 Å². The Hall–Kier alpha value is -1.81. The summed E-state index contributed by atoms with van der Waals surface area (Å²) in [6.07, 6.45) is 0.831. The lowest BCUT2D eigenvalue weighted by molar-refractivity contribution is 0.494. The fourth-order valence-electron chi connectivity index (χ4n) is 2.42. The highest BCUT2D eigenvalue weighted by Crippen LogP contribution is 2.28. The summed E-state index contributed by atoms with van der Waals surface area (Å²) in [6, 6.07) is 15.7. The second-order valence-electron chi connectivity index (χ2n) is 5.48. The van der Waals surface area contributed by atoms with Gasteiger partial charge < -0.3 is 9.73 Å². The van der Waals surface area contributed by atoms with Gasteiger partial charge >= 0.3 is 0 Å². The average Bonchev–Trinajstić information content (AvgIpc) is 3.01. The van der Waals surface area contributed by atoms with Crippen molar-refractivity contribution in [1.29, 1.82) is 0 Å². The number of furan rings is 1. The highest BCUT2D eigenvalue weighted by molar-refractivity contribution is 6.35. The minimum absolute atomic E-state index is 0.212. The lowest BCUT2D eigenvalue weighted by atomic mass is 10.1. The molecule has 0 saturated heterocycles. The highest BCUT2D eigenvalue weighted by atomic mass is 35.5. The first kappa shape index (κ1) is 17.0. The van der Waals surface area contributed by atoms with Gasteiger partial charge in [-0.05, 0) is 61.0 Å². The summed E-state index contributed by atoms with van der Waals surface area (Å²) in [5.74, 6) is 1.35. The first-order chi connectivity index (χ1) is 11.6. The number of hydrogen-bond donors (Lipinski definition) is 1. The number of hydrogen-bond acceptors (Lipinski definition) is 2. The van der Waals surface area contributed by atoms with E-state index in [1.54, 1.807) is 18.2 Å². The van der Waals surface area contributed by atoms with Crippen LogP contribution >= 0.6 is 23.2 Å². The van der Waals surface area contributed by atoms with Crippen LogP contribution in [0.4, 0.5) is 4.39 Å². The van der Waals surface area contributed by atoms with E-state index in [1.165, 1.54) is 12.1 Å². The largest absolute Gasteiger partial charge is 0.460 e. The van der Waals surface area contributed by atoms with E-state index in [2.05, 4.69) is 5.32 Å². The smallest absolute Gasteiger partial charge is 0.134 e. The molecule has 2 nitrogen and oxygen atoms in total. The summed E-state index contributed by atoms with van der Waals surface area (Å²) in [6.45, 7) is 1.40. The molecule has 0 atom stereocenters. The third-order valence-corrected chi connectivity index (χ3v) is 4.05. The predicted octanol–water partition coefficient (Wildman–Crippen LogP) is 5.72. The number of halogens is 3. The summed E-state index contributed by atoms with van der Waals surface area (Å²) in [5.41, 5.74) is 1.95. The Morgan fingerprint density at radius 3 is 2.33 bits per heavy atom. The maximum absolute atomic E-state index is 12.8. The Kier molecular flexibility index (Phi) is 5.56. The Balaban J connectivity index is 1.53. The van der Waals surface area contributed by atoms with Crippen LogP contribution in [0.25, 0.3) is 11.3 Å². The molecule has 24 heavy (non-hydrogen) atoms. The number of rotatable bonds is 6. The van der Waals surface area contributed by atoms with E-state index in [9.17, 15) is 4.39 Å². The summed E-state index contributed by atoms with van der Waals surface area (Å²) < 4.78 is 18.7. The van der Waals surface area contributed by atoms with Gasteiger partial charge in [-0.3, -0.25) is 0 Å². The fourth-order valence-corrected chi connectivity index (χ4v) is 2.95. The maximum atomic E-state index is 12.8. The van der Waals surface area contributed by atoms with Crippen LogP contribution in [0, 0.1) is 5.82 Å². The van der Waals surface area contributed by atoms with Crippen molar-refractivity contribution in [3.05, 3.63) is 81.8 Å². The van der Waals surface area contributed by atoms with Crippen molar-refractivity contribution in [3.8, 4) is 11.3 Å². The molecule has 0 aliphatic carbocycles. The molecule has 1 aromatic heterocycles. The third-order valence-electron chi connectivity index (χ3n) is 3.61. The zero-order chi connectivity index (χ0) is 16.9. The number of benzene rings is 2. The molecule has 0 amide bonds. The van der Waals surface area contributed by atoms with Crippen LogP contribution in [0.15, 0.2) is 59.0 Å². The lowest BCUT2D eigenvalue weighted by Gasteiger charge is -2.04. The zero-order valence-electron chi connectivity index (χ0n) is 12.9. The van der Waals surface area contributed by atoms with E-state index >= 15 is 0 Å². The van der Waals surface area contributed by atoms with Crippen molar-refractivity contribution in [2.45, 2.75) is 13.0 Å². The summed E-state index contributed by atoms with van der Waals surface area (Å²) in [5, 5.41) is 4.47. The van der Waals surface area contributed by atoms with Gasteiger partial charge in [0.15, 0.2) is 0 Å². The van der Waals surface area contributed by atoms with Crippen molar-refractivity contribution >= 4 is 23.2 Å². The third kappa shape index (κ3) is 4.60. The molecule has 0 aliphatic heterocycles. The van der Waals surface area contributed by atoms with Crippen LogP contribution in [0.5, 0.6) is 0 Å². The van der Waals surface area contributed by atoms with E-state index in [0.29, 0.717) is 16.6 Å². The van der Waals surface area contributed by atoms with Gasteiger partial charge in [-0.1, -0.05) is 35.3 Å². The molecule has 0 aliphatic rings. The van der Waals surface area contributed by atoms with Crippen LogP contribution in [0.1, 0.15) is 11.3 Å².